The Labute approximate surface area is 126 Å². The number of anilines is 1. The monoisotopic (exact) mass is 291 g/mol. The first kappa shape index (κ1) is 15.6. The van der Waals surface area contributed by atoms with E-state index in [0.717, 1.165) is 6.54 Å². The number of nitrogens with zero attached hydrogens (tertiary/aromatic N) is 1. The summed E-state index contributed by atoms with van der Waals surface area (Å²) in [5.74, 6) is 0.901. The number of nitrogen functional groups attached to an aromatic ring is 1. The Morgan fingerprint density at radius 1 is 1.38 bits per heavy atom. The Kier molecular flexibility index (Phi) is 5.87. The SMILES string of the molecule is CC(CNC(=O)COc1ccccc1N)CN1CCCC1. The lowest BCUT2D eigenvalue weighted by atomic mass is 10.1. The van der Waals surface area contributed by atoms with Gasteiger partial charge in [0.2, 0.25) is 0 Å². The molecule has 0 aliphatic carbocycles. The van der Waals surface area contributed by atoms with Gasteiger partial charge in [0.1, 0.15) is 5.75 Å². The molecule has 0 radical (unpaired) electrons. The third-order valence-electron chi connectivity index (χ3n) is 3.69. The molecule has 0 spiro atoms. The summed E-state index contributed by atoms with van der Waals surface area (Å²) in [5, 5.41) is 2.91. The van der Waals surface area contributed by atoms with Crippen LogP contribution in [0.3, 0.4) is 0 Å². The van der Waals surface area contributed by atoms with E-state index in [1.807, 2.05) is 12.1 Å². The number of benzene rings is 1. The number of rotatable bonds is 7. The van der Waals surface area contributed by atoms with Crippen molar-refractivity contribution in [2.75, 3.05) is 38.5 Å². The van der Waals surface area contributed by atoms with Crippen molar-refractivity contribution in [1.29, 1.82) is 0 Å². The van der Waals surface area contributed by atoms with Crippen LogP contribution in [0.5, 0.6) is 5.75 Å². The standard InChI is InChI=1S/C16H25N3O2/c1-13(11-19-8-4-5-9-19)10-18-16(20)12-21-15-7-3-2-6-14(15)17/h2-3,6-7,13H,4-5,8-12,17H2,1H3,(H,18,20). The van der Waals surface area contributed by atoms with Crippen molar-refractivity contribution in [2.24, 2.45) is 5.92 Å². The highest BCUT2D eigenvalue weighted by atomic mass is 16.5. The van der Waals surface area contributed by atoms with Gasteiger partial charge in [0.25, 0.3) is 5.91 Å². The fourth-order valence-corrected chi connectivity index (χ4v) is 2.56. The van der Waals surface area contributed by atoms with E-state index in [2.05, 4.69) is 17.1 Å². The van der Waals surface area contributed by atoms with Gasteiger partial charge in [-0.1, -0.05) is 19.1 Å². The van der Waals surface area contributed by atoms with Gasteiger partial charge in [-0.25, -0.2) is 0 Å². The molecule has 0 bridgehead atoms. The minimum atomic E-state index is -0.105. The zero-order valence-corrected chi connectivity index (χ0v) is 12.7. The number of nitrogens with one attached hydrogen (secondary N) is 1. The van der Waals surface area contributed by atoms with Crippen LogP contribution in [0, 0.1) is 5.92 Å². The van der Waals surface area contributed by atoms with Crippen molar-refractivity contribution < 1.29 is 9.53 Å². The van der Waals surface area contributed by atoms with Gasteiger partial charge < -0.3 is 20.7 Å². The lowest BCUT2D eigenvalue weighted by molar-refractivity contribution is -0.123. The van der Waals surface area contributed by atoms with Crippen molar-refractivity contribution in [3.63, 3.8) is 0 Å². The highest BCUT2D eigenvalue weighted by molar-refractivity contribution is 5.77. The van der Waals surface area contributed by atoms with Crippen LogP contribution in [0.1, 0.15) is 19.8 Å². The second-order valence-electron chi connectivity index (χ2n) is 5.74. The molecule has 1 aliphatic rings. The molecule has 2 rings (SSSR count). The Hall–Kier alpha value is -1.75. The van der Waals surface area contributed by atoms with Gasteiger partial charge in [-0.05, 0) is 44.0 Å². The molecule has 1 atom stereocenters. The largest absolute Gasteiger partial charge is 0.482 e. The van der Waals surface area contributed by atoms with E-state index >= 15 is 0 Å². The van der Waals surface area contributed by atoms with Crippen LogP contribution in [0.25, 0.3) is 0 Å². The molecule has 1 unspecified atom stereocenters. The summed E-state index contributed by atoms with van der Waals surface area (Å²) >= 11 is 0. The molecule has 1 fully saturated rings. The number of amides is 1. The minimum absolute atomic E-state index is 0.00461. The Bertz CT molecular complexity index is 459. The van der Waals surface area contributed by atoms with Crippen molar-refractivity contribution in [2.45, 2.75) is 19.8 Å². The van der Waals surface area contributed by atoms with Crippen LogP contribution < -0.4 is 15.8 Å². The molecule has 1 aromatic carbocycles. The van der Waals surface area contributed by atoms with E-state index in [9.17, 15) is 4.79 Å². The molecule has 0 saturated carbocycles. The fourth-order valence-electron chi connectivity index (χ4n) is 2.56. The summed E-state index contributed by atoms with van der Waals surface area (Å²) < 4.78 is 5.42. The lowest BCUT2D eigenvalue weighted by Gasteiger charge is -2.20. The number of nitrogens with two attached hydrogens (primary N) is 1. The lowest BCUT2D eigenvalue weighted by Crippen LogP contribution is -2.36. The molecule has 116 valence electrons. The zero-order chi connectivity index (χ0) is 15.1. The third kappa shape index (κ3) is 5.27. The highest BCUT2D eigenvalue weighted by Gasteiger charge is 2.15. The highest BCUT2D eigenvalue weighted by Crippen LogP contribution is 2.19. The summed E-state index contributed by atoms with van der Waals surface area (Å²) in [5.41, 5.74) is 6.31. The summed E-state index contributed by atoms with van der Waals surface area (Å²) in [7, 11) is 0. The number of likely N-dealkylation sites (tertiary alicyclic amines) is 1. The van der Waals surface area contributed by atoms with E-state index in [1.165, 1.54) is 25.9 Å². The molecular formula is C16H25N3O2. The van der Waals surface area contributed by atoms with Gasteiger partial charge in [0, 0.05) is 13.1 Å². The predicted octanol–water partition coefficient (Wildman–Crippen LogP) is 1.50. The van der Waals surface area contributed by atoms with Crippen molar-refractivity contribution >= 4 is 11.6 Å². The number of ether oxygens (including phenoxy) is 1. The molecule has 1 aliphatic heterocycles. The Balaban J connectivity index is 1.64. The van der Waals surface area contributed by atoms with Gasteiger partial charge in [-0.2, -0.15) is 0 Å². The Morgan fingerprint density at radius 2 is 2.10 bits per heavy atom. The van der Waals surface area contributed by atoms with Gasteiger partial charge >= 0.3 is 0 Å². The second-order valence-corrected chi connectivity index (χ2v) is 5.74. The maximum absolute atomic E-state index is 11.8. The number of para-hydroxylation sites is 2. The Morgan fingerprint density at radius 3 is 2.81 bits per heavy atom. The topological polar surface area (TPSA) is 67.6 Å². The first-order valence-electron chi connectivity index (χ1n) is 7.61. The van der Waals surface area contributed by atoms with Crippen molar-refractivity contribution in [3.05, 3.63) is 24.3 Å². The second kappa shape index (κ2) is 7.88. The minimum Gasteiger partial charge on any atom is -0.482 e. The van der Waals surface area contributed by atoms with Gasteiger partial charge in [0.15, 0.2) is 6.61 Å². The summed E-state index contributed by atoms with van der Waals surface area (Å²) in [6.45, 7) is 6.28. The molecule has 1 saturated heterocycles. The first-order chi connectivity index (χ1) is 10.1. The van der Waals surface area contributed by atoms with E-state index in [1.54, 1.807) is 12.1 Å². The zero-order valence-electron chi connectivity index (χ0n) is 12.7. The van der Waals surface area contributed by atoms with E-state index < -0.39 is 0 Å². The van der Waals surface area contributed by atoms with E-state index in [-0.39, 0.29) is 12.5 Å². The average molecular weight is 291 g/mol. The van der Waals surface area contributed by atoms with Gasteiger partial charge in [-0.15, -0.1) is 0 Å². The predicted molar refractivity (Wildman–Crippen MR) is 84.2 cm³/mol. The van der Waals surface area contributed by atoms with Crippen LogP contribution >= 0.6 is 0 Å². The molecule has 3 N–H and O–H groups in total. The number of hydrogen-bond acceptors (Lipinski definition) is 4. The van der Waals surface area contributed by atoms with Gasteiger partial charge in [-0.3, -0.25) is 4.79 Å². The summed E-state index contributed by atoms with van der Waals surface area (Å²) in [6.07, 6.45) is 2.59. The number of hydrogen-bond donors (Lipinski definition) is 2. The quantitative estimate of drug-likeness (QED) is 0.747. The normalized spacial score (nSPS) is 16.6. The molecular weight excluding hydrogens is 266 g/mol. The number of carbonyl (C=O) groups is 1. The summed E-state index contributed by atoms with van der Waals surface area (Å²) in [6, 6.07) is 7.19. The van der Waals surface area contributed by atoms with Crippen LogP contribution in [0.2, 0.25) is 0 Å². The van der Waals surface area contributed by atoms with Crippen LogP contribution in [-0.4, -0.2) is 43.6 Å². The smallest absolute Gasteiger partial charge is 0.257 e. The molecule has 5 nitrogen and oxygen atoms in total. The molecule has 21 heavy (non-hydrogen) atoms. The fraction of sp³-hybridized carbons (Fsp3) is 0.562. The van der Waals surface area contributed by atoms with Crippen LogP contribution in [0.15, 0.2) is 24.3 Å². The van der Waals surface area contributed by atoms with Crippen LogP contribution in [-0.2, 0) is 4.79 Å². The number of carbonyl (C=O) groups excluding carboxylic acids is 1. The van der Waals surface area contributed by atoms with Crippen molar-refractivity contribution in [1.82, 2.24) is 10.2 Å². The molecule has 1 amide bonds. The van der Waals surface area contributed by atoms with Gasteiger partial charge in [0.05, 0.1) is 5.69 Å². The summed E-state index contributed by atoms with van der Waals surface area (Å²) in [4.78, 5) is 14.2. The third-order valence-corrected chi connectivity index (χ3v) is 3.69. The first-order valence-corrected chi connectivity index (χ1v) is 7.61. The molecule has 0 aromatic heterocycles. The molecule has 1 heterocycles. The average Bonchev–Trinajstić information content (AvgIpc) is 2.97. The molecule has 1 aromatic rings. The van der Waals surface area contributed by atoms with E-state index in [0.29, 0.717) is 23.9 Å². The maximum Gasteiger partial charge on any atom is 0.257 e. The maximum atomic E-state index is 11.8. The van der Waals surface area contributed by atoms with Crippen LogP contribution in [0.4, 0.5) is 5.69 Å². The van der Waals surface area contributed by atoms with Crippen molar-refractivity contribution in [3.8, 4) is 5.75 Å². The van der Waals surface area contributed by atoms with E-state index in [4.69, 9.17) is 10.5 Å². The molecule has 5 heteroatoms.